The number of carboxylic acid groups (broad SMARTS) is 1. The van der Waals surface area contributed by atoms with Gasteiger partial charge in [0.25, 0.3) is 0 Å². The Hall–Kier alpha value is -1.32. The lowest BCUT2D eigenvalue weighted by molar-refractivity contribution is -0.143. The van der Waals surface area contributed by atoms with Crippen molar-refractivity contribution in [1.82, 2.24) is 4.90 Å². The maximum absolute atomic E-state index is 12.1. The summed E-state index contributed by atoms with van der Waals surface area (Å²) in [5, 5.41) is 9.00. The molecular weight excluding hydrogens is 206 g/mol. The molecule has 2 aliphatic rings. The van der Waals surface area contributed by atoms with Crippen LogP contribution in [0.1, 0.15) is 26.2 Å². The van der Waals surface area contributed by atoms with Crippen LogP contribution in [-0.4, -0.2) is 34.5 Å². The molecule has 0 spiro atoms. The number of nitrogens with zero attached hydrogens (tertiary/aromatic N) is 1. The van der Waals surface area contributed by atoms with Crippen LogP contribution in [0.4, 0.5) is 0 Å². The molecule has 1 saturated heterocycles. The van der Waals surface area contributed by atoms with Crippen LogP contribution in [0.3, 0.4) is 0 Å². The average molecular weight is 223 g/mol. The molecule has 0 saturated carbocycles. The van der Waals surface area contributed by atoms with Crippen LogP contribution >= 0.6 is 0 Å². The van der Waals surface area contributed by atoms with Crippen molar-refractivity contribution in [3.8, 4) is 0 Å². The monoisotopic (exact) mass is 223 g/mol. The molecule has 16 heavy (non-hydrogen) atoms. The van der Waals surface area contributed by atoms with E-state index < -0.39 is 11.9 Å². The first-order valence-corrected chi connectivity index (χ1v) is 5.79. The number of carbonyl (C=O) groups is 2. The van der Waals surface area contributed by atoms with Crippen LogP contribution in [-0.2, 0) is 9.59 Å². The topological polar surface area (TPSA) is 57.6 Å². The molecule has 0 aromatic carbocycles. The average Bonchev–Trinajstić information content (AvgIpc) is 2.84. The molecule has 0 radical (unpaired) electrons. The Bertz CT molecular complexity index is 329. The zero-order valence-electron chi connectivity index (χ0n) is 9.43. The molecule has 4 nitrogen and oxygen atoms in total. The van der Waals surface area contributed by atoms with Crippen molar-refractivity contribution in [2.45, 2.75) is 32.2 Å². The van der Waals surface area contributed by atoms with E-state index >= 15 is 0 Å². The molecule has 1 amide bonds. The van der Waals surface area contributed by atoms with Crippen molar-refractivity contribution in [3.63, 3.8) is 0 Å². The van der Waals surface area contributed by atoms with E-state index in [1.54, 1.807) is 4.90 Å². The van der Waals surface area contributed by atoms with Gasteiger partial charge >= 0.3 is 5.97 Å². The van der Waals surface area contributed by atoms with Crippen molar-refractivity contribution in [2.24, 2.45) is 11.8 Å². The maximum Gasteiger partial charge on any atom is 0.308 e. The number of amides is 1. The Morgan fingerprint density at radius 2 is 1.94 bits per heavy atom. The number of hydrogen-bond acceptors (Lipinski definition) is 2. The zero-order chi connectivity index (χ0) is 11.7. The van der Waals surface area contributed by atoms with Crippen LogP contribution in [0.2, 0.25) is 0 Å². The van der Waals surface area contributed by atoms with Crippen LogP contribution in [0, 0.1) is 11.8 Å². The van der Waals surface area contributed by atoms with E-state index in [0.29, 0.717) is 13.0 Å². The minimum absolute atomic E-state index is 0.0509. The highest BCUT2D eigenvalue weighted by Gasteiger charge is 2.39. The summed E-state index contributed by atoms with van der Waals surface area (Å²) in [5.74, 6) is -0.998. The van der Waals surface area contributed by atoms with Gasteiger partial charge < -0.3 is 10.0 Å². The van der Waals surface area contributed by atoms with Crippen LogP contribution < -0.4 is 0 Å². The summed E-state index contributed by atoms with van der Waals surface area (Å²) in [4.78, 5) is 24.8. The Morgan fingerprint density at radius 1 is 1.31 bits per heavy atom. The lowest BCUT2D eigenvalue weighted by atomic mass is 10.0. The Balaban J connectivity index is 2.00. The Labute approximate surface area is 94.9 Å². The SMILES string of the molecule is CC1C(C(=O)O)CCN1C(=O)C1CC=CC1. The van der Waals surface area contributed by atoms with Gasteiger partial charge in [-0.05, 0) is 26.2 Å². The third kappa shape index (κ3) is 1.84. The highest BCUT2D eigenvalue weighted by molar-refractivity contribution is 5.82. The van der Waals surface area contributed by atoms with E-state index in [9.17, 15) is 9.59 Å². The maximum atomic E-state index is 12.1. The van der Waals surface area contributed by atoms with Gasteiger partial charge in [0.15, 0.2) is 0 Å². The minimum Gasteiger partial charge on any atom is -0.481 e. The number of carboxylic acids is 1. The van der Waals surface area contributed by atoms with Crippen LogP contribution in [0.25, 0.3) is 0 Å². The summed E-state index contributed by atoms with van der Waals surface area (Å²) >= 11 is 0. The van der Waals surface area contributed by atoms with Gasteiger partial charge in [-0.25, -0.2) is 0 Å². The third-order valence-electron chi connectivity index (χ3n) is 3.71. The number of rotatable bonds is 2. The number of aliphatic carboxylic acids is 1. The van der Waals surface area contributed by atoms with Gasteiger partial charge in [0.05, 0.1) is 5.92 Å². The Morgan fingerprint density at radius 3 is 2.44 bits per heavy atom. The Kier molecular flexibility index (Phi) is 2.99. The van der Waals surface area contributed by atoms with Gasteiger partial charge in [-0.1, -0.05) is 12.2 Å². The van der Waals surface area contributed by atoms with E-state index in [4.69, 9.17) is 5.11 Å². The fourth-order valence-electron chi connectivity index (χ4n) is 2.63. The summed E-state index contributed by atoms with van der Waals surface area (Å²) in [7, 11) is 0. The molecule has 2 atom stereocenters. The van der Waals surface area contributed by atoms with Crippen LogP contribution in [0.15, 0.2) is 12.2 Å². The molecule has 1 aliphatic heterocycles. The third-order valence-corrected chi connectivity index (χ3v) is 3.71. The van der Waals surface area contributed by atoms with E-state index in [0.717, 1.165) is 12.8 Å². The molecule has 2 rings (SSSR count). The second-order valence-corrected chi connectivity index (χ2v) is 4.65. The fraction of sp³-hybridized carbons (Fsp3) is 0.667. The van der Waals surface area contributed by atoms with E-state index in [1.807, 2.05) is 19.1 Å². The molecule has 0 aromatic rings. The number of likely N-dealkylation sites (tertiary alicyclic amines) is 1. The number of carbonyl (C=O) groups excluding carboxylic acids is 1. The van der Waals surface area contributed by atoms with Gasteiger partial charge in [-0.2, -0.15) is 0 Å². The van der Waals surface area contributed by atoms with Crippen molar-refractivity contribution >= 4 is 11.9 Å². The molecule has 1 fully saturated rings. The lowest BCUT2D eigenvalue weighted by Gasteiger charge is -2.26. The first-order valence-electron chi connectivity index (χ1n) is 5.79. The quantitative estimate of drug-likeness (QED) is 0.717. The molecule has 1 heterocycles. The van der Waals surface area contributed by atoms with E-state index in [-0.39, 0.29) is 17.9 Å². The van der Waals surface area contributed by atoms with Gasteiger partial charge in [0, 0.05) is 18.5 Å². The molecule has 0 aromatic heterocycles. The molecule has 0 bridgehead atoms. The smallest absolute Gasteiger partial charge is 0.308 e. The first kappa shape index (κ1) is 11.2. The molecule has 88 valence electrons. The second-order valence-electron chi connectivity index (χ2n) is 4.65. The first-order chi connectivity index (χ1) is 7.61. The van der Waals surface area contributed by atoms with Gasteiger partial charge in [-0.3, -0.25) is 9.59 Å². The van der Waals surface area contributed by atoms with Gasteiger partial charge in [0.1, 0.15) is 0 Å². The number of hydrogen-bond donors (Lipinski definition) is 1. The molecule has 2 unspecified atom stereocenters. The number of allylic oxidation sites excluding steroid dienone is 2. The standard InChI is InChI=1S/C12H17NO3/c1-8-10(12(15)16)6-7-13(8)11(14)9-4-2-3-5-9/h2-3,8-10H,4-7H2,1H3,(H,15,16). The molecule has 1 N–H and O–H groups in total. The van der Waals surface area contributed by atoms with Crippen molar-refractivity contribution < 1.29 is 14.7 Å². The van der Waals surface area contributed by atoms with E-state index in [2.05, 4.69) is 0 Å². The molecular formula is C12H17NO3. The predicted molar refractivity (Wildman–Crippen MR) is 58.8 cm³/mol. The summed E-state index contributed by atoms with van der Waals surface area (Å²) in [5.41, 5.74) is 0. The minimum atomic E-state index is -0.785. The van der Waals surface area contributed by atoms with Gasteiger partial charge in [-0.15, -0.1) is 0 Å². The highest BCUT2D eigenvalue weighted by Crippen LogP contribution is 2.29. The van der Waals surface area contributed by atoms with Crippen molar-refractivity contribution in [1.29, 1.82) is 0 Å². The molecule has 1 aliphatic carbocycles. The van der Waals surface area contributed by atoms with Gasteiger partial charge in [0.2, 0.25) is 5.91 Å². The summed E-state index contributed by atoms with van der Waals surface area (Å²) in [6.45, 7) is 2.43. The largest absolute Gasteiger partial charge is 0.481 e. The summed E-state index contributed by atoms with van der Waals surface area (Å²) in [6, 6.07) is -0.161. The highest BCUT2D eigenvalue weighted by atomic mass is 16.4. The molecule has 4 heteroatoms. The van der Waals surface area contributed by atoms with Crippen molar-refractivity contribution in [2.75, 3.05) is 6.54 Å². The van der Waals surface area contributed by atoms with Crippen LogP contribution in [0.5, 0.6) is 0 Å². The fourth-order valence-corrected chi connectivity index (χ4v) is 2.63. The summed E-state index contributed by atoms with van der Waals surface area (Å²) in [6.07, 6.45) is 6.25. The van der Waals surface area contributed by atoms with E-state index in [1.165, 1.54) is 0 Å². The lowest BCUT2D eigenvalue weighted by Crippen LogP contribution is -2.40. The zero-order valence-corrected chi connectivity index (χ0v) is 9.43. The van der Waals surface area contributed by atoms with Crippen molar-refractivity contribution in [3.05, 3.63) is 12.2 Å². The second kappa shape index (κ2) is 4.28. The normalized spacial score (nSPS) is 29.9. The predicted octanol–water partition coefficient (Wildman–Crippen LogP) is 1.27. The summed E-state index contributed by atoms with van der Waals surface area (Å²) < 4.78 is 0.